The van der Waals surface area contributed by atoms with E-state index in [0.29, 0.717) is 31.0 Å². The molecule has 2 heterocycles. The second-order valence-corrected chi connectivity index (χ2v) is 9.11. The average molecular weight is 380 g/mol. The first-order valence-electron chi connectivity index (χ1n) is 10.9. The average Bonchev–Trinajstić information content (AvgIpc) is 3.24. The third-order valence-electron chi connectivity index (χ3n) is 7.11. The lowest BCUT2D eigenvalue weighted by Gasteiger charge is -2.39. The van der Waals surface area contributed by atoms with Gasteiger partial charge in [0.2, 0.25) is 0 Å². The van der Waals surface area contributed by atoms with Crippen LogP contribution in [0.15, 0.2) is 12.2 Å². The molecule has 3 fully saturated rings. The van der Waals surface area contributed by atoms with E-state index in [9.17, 15) is 9.90 Å². The lowest BCUT2D eigenvalue weighted by atomic mass is 9.71. The standard InChI is InChI=1S/C22H37NO4/c1-22(13-7-4-8-14-22)19(24)15-23-21-16(17-11-12-18(21)27-17)9-5-2-3-6-10-20(25)26/h2,5,16-19,21,23-24H,3-4,6-15H2,1H3,(H,25,26)/b5-2-/t16-,17+,18-,19?,21-/m0/s1. The van der Waals surface area contributed by atoms with E-state index in [-0.39, 0.29) is 24.0 Å². The van der Waals surface area contributed by atoms with Crippen molar-refractivity contribution in [2.24, 2.45) is 11.3 Å². The first kappa shape index (κ1) is 20.8. The molecule has 2 bridgehead atoms. The lowest BCUT2D eigenvalue weighted by molar-refractivity contribution is -0.137. The summed E-state index contributed by atoms with van der Waals surface area (Å²) in [7, 11) is 0. The van der Waals surface area contributed by atoms with E-state index in [1.165, 1.54) is 19.3 Å². The molecule has 1 unspecified atom stereocenters. The van der Waals surface area contributed by atoms with Crippen LogP contribution < -0.4 is 5.32 Å². The maximum atomic E-state index is 10.8. The molecule has 0 radical (unpaired) electrons. The fourth-order valence-corrected chi connectivity index (χ4v) is 5.29. The van der Waals surface area contributed by atoms with Crippen molar-refractivity contribution in [1.29, 1.82) is 0 Å². The number of rotatable bonds is 10. The Hall–Kier alpha value is -0.910. The Morgan fingerprint density at radius 2 is 1.96 bits per heavy atom. The molecule has 0 aromatic heterocycles. The highest BCUT2D eigenvalue weighted by molar-refractivity contribution is 5.66. The molecule has 3 rings (SSSR count). The van der Waals surface area contributed by atoms with E-state index in [1.54, 1.807) is 0 Å². The number of nitrogens with one attached hydrogen (secondary N) is 1. The zero-order valence-corrected chi connectivity index (χ0v) is 16.7. The summed E-state index contributed by atoms with van der Waals surface area (Å²) in [6.45, 7) is 2.90. The van der Waals surface area contributed by atoms with E-state index in [2.05, 4.69) is 24.4 Å². The van der Waals surface area contributed by atoms with Crippen molar-refractivity contribution < 1.29 is 19.7 Å². The molecule has 2 aliphatic heterocycles. The van der Waals surface area contributed by atoms with Crippen LogP contribution in [0.4, 0.5) is 0 Å². The molecule has 5 atom stereocenters. The summed E-state index contributed by atoms with van der Waals surface area (Å²) < 4.78 is 6.15. The molecule has 154 valence electrons. The molecule has 2 saturated heterocycles. The summed E-state index contributed by atoms with van der Waals surface area (Å²) in [5.74, 6) is -0.259. The number of hydrogen-bond acceptors (Lipinski definition) is 4. The number of ether oxygens (including phenoxy) is 1. The Balaban J connectivity index is 1.46. The van der Waals surface area contributed by atoms with Gasteiger partial charge >= 0.3 is 5.97 Å². The van der Waals surface area contributed by atoms with Gasteiger partial charge in [-0.25, -0.2) is 0 Å². The van der Waals surface area contributed by atoms with Gasteiger partial charge in [0.05, 0.1) is 18.3 Å². The van der Waals surface area contributed by atoms with E-state index in [4.69, 9.17) is 9.84 Å². The highest BCUT2D eigenvalue weighted by Crippen LogP contribution is 2.42. The fourth-order valence-electron chi connectivity index (χ4n) is 5.29. The van der Waals surface area contributed by atoms with E-state index in [1.807, 2.05) is 0 Å². The summed E-state index contributed by atoms with van der Waals surface area (Å²) in [6.07, 6.45) is 15.7. The van der Waals surface area contributed by atoms with Crippen molar-refractivity contribution in [3.05, 3.63) is 12.2 Å². The van der Waals surface area contributed by atoms with E-state index >= 15 is 0 Å². The van der Waals surface area contributed by atoms with Gasteiger partial charge in [-0.15, -0.1) is 0 Å². The number of allylic oxidation sites excluding steroid dienone is 2. The van der Waals surface area contributed by atoms with Crippen molar-refractivity contribution >= 4 is 5.97 Å². The summed E-state index contributed by atoms with van der Waals surface area (Å²) in [6, 6.07) is 0.328. The highest BCUT2D eigenvalue weighted by Gasteiger charge is 2.48. The maximum Gasteiger partial charge on any atom is 0.303 e. The van der Waals surface area contributed by atoms with Crippen LogP contribution >= 0.6 is 0 Å². The summed E-state index contributed by atoms with van der Waals surface area (Å²) in [5, 5.41) is 23.2. The molecule has 3 N–H and O–H groups in total. The highest BCUT2D eigenvalue weighted by atomic mass is 16.5. The number of fused-ring (bicyclic) bond motifs is 2. The van der Waals surface area contributed by atoms with Crippen LogP contribution in [0.1, 0.15) is 77.6 Å². The van der Waals surface area contributed by atoms with Crippen molar-refractivity contribution in [3.8, 4) is 0 Å². The molecule has 1 saturated carbocycles. The maximum absolute atomic E-state index is 10.8. The monoisotopic (exact) mass is 379 g/mol. The van der Waals surface area contributed by atoms with Crippen LogP contribution in [0.2, 0.25) is 0 Å². The van der Waals surface area contributed by atoms with Gasteiger partial charge in [0.15, 0.2) is 0 Å². The van der Waals surface area contributed by atoms with Gasteiger partial charge in [-0.05, 0) is 50.4 Å². The fraction of sp³-hybridized carbons (Fsp3) is 0.864. The van der Waals surface area contributed by atoms with Crippen molar-refractivity contribution in [1.82, 2.24) is 5.32 Å². The summed E-state index contributed by atoms with van der Waals surface area (Å²) >= 11 is 0. The number of aliphatic hydroxyl groups is 1. The van der Waals surface area contributed by atoms with Gasteiger partial charge in [0.1, 0.15) is 0 Å². The van der Waals surface area contributed by atoms with Crippen molar-refractivity contribution in [2.75, 3.05) is 6.54 Å². The minimum Gasteiger partial charge on any atom is -0.481 e. The molecule has 0 amide bonds. The molecular formula is C22H37NO4. The number of aliphatic carboxylic acids is 1. The number of carboxylic acids is 1. The third kappa shape index (κ3) is 5.33. The molecule has 0 aromatic carbocycles. The Bertz CT molecular complexity index is 514. The van der Waals surface area contributed by atoms with Crippen molar-refractivity contribution in [2.45, 2.75) is 102 Å². The Morgan fingerprint density at radius 1 is 1.22 bits per heavy atom. The van der Waals surface area contributed by atoms with Crippen LogP contribution in [0.3, 0.4) is 0 Å². The van der Waals surface area contributed by atoms with Gasteiger partial charge in [-0.1, -0.05) is 38.3 Å². The predicted octanol–water partition coefficient (Wildman–Crippen LogP) is 3.65. The normalized spacial score (nSPS) is 33.6. The second kappa shape index (κ2) is 9.53. The smallest absolute Gasteiger partial charge is 0.303 e. The number of carbonyl (C=O) groups is 1. The van der Waals surface area contributed by atoms with Crippen LogP contribution in [0.5, 0.6) is 0 Å². The Labute approximate surface area is 163 Å². The molecule has 0 spiro atoms. The molecule has 1 aliphatic carbocycles. The second-order valence-electron chi connectivity index (χ2n) is 9.11. The van der Waals surface area contributed by atoms with Gasteiger partial charge < -0.3 is 20.3 Å². The Kier molecular flexibility index (Phi) is 7.35. The molecule has 3 aliphatic rings. The van der Waals surface area contributed by atoms with Gasteiger partial charge in [0, 0.05) is 24.9 Å². The van der Waals surface area contributed by atoms with Crippen LogP contribution in [0.25, 0.3) is 0 Å². The van der Waals surface area contributed by atoms with E-state index in [0.717, 1.165) is 38.5 Å². The number of aliphatic hydroxyl groups excluding tert-OH is 1. The number of carboxylic acid groups (broad SMARTS) is 1. The van der Waals surface area contributed by atoms with Gasteiger partial charge in [0.25, 0.3) is 0 Å². The summed E-state index contributed by atoms with van der Waals surface area (Å²) in [5.41, 5.74) is 0.0588. The molecule has 0 aromatic rings. The lowest BCUT2D eigenvalue weighted by Crippen LogP contribution is -2.50. The van der Waals surface area contributed by atoms with E-state index < -0.39 is 5.97 Å². The number of hydrogen-bond donors (Lipinski definition) is 3. The van der Waals surface area contributed by atoms with Crippen LogP contribution in [0, 0.1) is 11.3 Å². The molecule has 5 nitrogen and oxygen atoms in total. The minimum atomic E-state index is -0.723. The zero-order valence-electron chi connectivity index (χ0n) is 16.7. The quantitative estimate of drug-likeness (QED) is 0.399. The molecule has 27 heavy (non-hydrogen) atoms. The topological polar surface area (TPSA) is 78.8 Å². The number of unbranched alkanes of at least 4 members (excludes halogenated alkanes) is 1. The molecule has 5 heteroatoms. The Morgan fingerprint density at radius 3 is 2.70 bits per heavy atom. The van der Waals surface area contributed by atoms with Gasteiger partial charge in [-0.3, -0.25) is 4.79 Å². The van der Waals surface area contributed by atoms with Crippen molar-refractivity contribution in [3.63, 3.8) is 0 Å². The zero-order chi connectivity index (χ0) is 19.3. The summed E-state index contributed by atoms with van der Waals surface area (Å²) in [4.78, 5) is 10.6. The predicted molar refractivity (Wildman–Crippen MR) is 106 cm³/mol. The minimum absolute atomic E-state index is 0.0588. The largest absolute Gasteiger partial charge is 0.481 e. The first-order chi connectivity index (χ1) is 13.0. The first-order valence-corrected chi connectivity index (χ1v) is 10.9. The third-order valence-corrected chi connectivity index (χ3v) is 7.11. The van der Waals surface area contributed by atoms with Crippen LogP contribution in [-0.4, -0.2) is 47.1 Å². The van der Waals surface area contributed by atoms with Crippen LogP contribution in [-0.2, 0) is 9.53 Å². The SMILES string of the molecule is CC1(C(O)CN[C@H]2[C@@H](C/C=C\CCCC(=O)O)[C@H]3CC[C@@H]2O3)CCCCC1. The molecular weight excluding hydrogens is 342 g/mol. The van der Waals surface area contributed by atoms with Gasteiger partial charge in [-0.2, -0.15) is 0 Å².